The van der Waals surface area contributed by atoms with Gasteiger partial charge in [0.15, 0.2) is 0 Å². The Bertz CT molecular complexity index is 381. The smallest absolute Gasteiger partial charge is 0.318 e. The average Bonchev–Trinajstić information content (AvgIpc) is 2.27. The molecule has 0 aliphatic heterocycles. The molecule has 0 saturated heterocycles. The molecule has 1 rings (SSSR count). The maximum atomic E-state index is 12.2. The molecule has 0 fully saturated rings. The minimum absolute atomic E-state index is 0.228. The predicted octanol–water partition coefficient (Wildman–Crippen LogP) is 2.24. The molecule has 3 heteroatoms. The molecule has 0 aromatic heterocycles. The number of carbonyl (C=O) groups excluding carboxylic acids is 1. The van der Waals surface area contributed by atoms with E-state index in [-0.39, 0.29) is 12.5 Å². The molecule has 0 unspecified atom stereocenters. The molecule has 0 spiro atoms. The third-order valence-corrected chi connectivity index (χ3v) is 2.67. The predicted molar refractivity (Wildman–Crippen MR) is 68.7 cm³/mol. The van der Waals surface area contributed by atoms with Crippen LogP contribution in [0.4, 0.5) is 0 Å². The Balaban J connectivity index is 3.01. The molecule has 1 atom stereocenters. The van der Waals surface area contributed by atoms with E-state index in [0.29, 0.717) is 0 Å². The Labute approximate surface area is 103 Å². The molecule has 17 heavy (non-hydrogen) atoms. The number of benzene rings is 1. The van der Waals surface area contributed by atoms with Gasteiger partial charge in [-0.25, -0.2) is 0 Å². The fourth-order valence-corrected chi connectivity index (χ4v) is 1.52. The van der Waals surface area contributed by atoms with Crippen LogP contribution in [0.3, 0.4) is 0 Å². The monoisotopic (exact) mass is 235 g/mol. The van der Waals surface area contributed by atoms with Crippen molar-refractivity contribution in [2.45, 2.75) is 38.7 Å². The fraction of sp³-hybridized carbons (Fsp3) is 0.500. The largest absolute Gasteiger partial charge is 0.459 e. The van der Waals surface area contributed by atoms with E-state index < -0.39 is 11.0 Å². The lowest BCUT2D eigenvalue weighted by Gasteiger charge is -2.30. The van der Waals surface area contributed by atoms with E-state index >= 15 is 0 Å². The van der Waals surface area contributed by atoms with Crippen LogP contribution in [-0.4, -0.2) is 18.1 Å². The lowest BCUT2D eigenvalue weighted by atomic mass is 9.82. The van der Waals surface area contributed by atoms with Crippen molar-refractivity contribution in [3.63, 3.8) is 0 Å². The second kappa shape index (κ2) is 4.88. The highest BCUT2D eigenvalue weighted by molar-refractivity contribution is 5.83. The first kappa shape index (κ1) is 13.7. The van der Waals surface area contributed by atoms with Crippen molar-refractivity contribution in [3.8, 4) is 0 Å². The van der Waals surface area contributed by atoms with Crippen LogP contribution < -0.4 is 5.73 Å². The van der Waals surface area contributed by atoms with Gasteiger partial charge in [-0.15, -0.1) is 0 Å². The Morgan fingerprint density at radius 1 is 1.18 bits per heavy atom. The molecule has 0 heterocycles. The van der Waals surface area contributed by atoms with Crippen LogP contribution in [0.2, 0.25) is 0 Å². The van der Waals surface area contributed by atoms with Crippen LogP contribution in [0.25, 0.3) is 0 Å². The number of nitrogens with two attached hydrogens (primary N) is 1. The minimum atomic E-state index is -0.783. The first-order valence-corrected chi connectivity index (χ1v) is 5.78. The van der Waals surface area contributed by atoms with E-state index in [2.05, 4.69) is 0 Å². The van der Waals surface area contributed by atoms with Crippen LogP contribution in [0.1, 0.15) is 33.3 Å². The molecular weight excluding hydrogens is 214 g/mol. The van der Waals surface area contributed by atoms with Gasteiger partial charge in [-0.2, -0.15) is 0 Å². The molecule has 1 aromatic carbocycles. The van der Waals surface area contributed by atoms with Crippen molar-refractivity contribution in [2.75, 3.05) is 6.54 Å². The number of hydrogen-bond acceptors (Lipinski definition) is 3. The van der Waals surface area contributed by atoms with E-state index in [1.165, 1.54) is 0 Å². The van der Waals surface area contributed by atoms with Crippen molar-refractivity contribution in [3.05, 3.63) is 35.9 Å². The van der Waals surface area contributed by atoms with Crippen molar-refractivity contribution in [1.82, 2.24) is 0 Å². The highest BCUT2D eigenvalue weighted by atomic mass is 16.6. The Morgan fingerprint density at radius 2 is 1.71 bits per heavy atom. The maximum absolute atomic E-state index is 12.2. The van der Waals surface area contributed by atoms with Crippen LogP contribution in [0.5, 0.6) is 0 Å². The molecule has 1 aromatic rings. The summed E-state index contributed by atoms with van der Waals surface area (Å²) in [6, 6.07) is 9.50. The summed E-state index contributed by atoms with van der Waals surface area (Å²) in [6.45, 7) is 7.61. The summed E-state index contributed by atoms with van der Waals surface area (Å²) in [5.74, 6) is -0.279. The molecule has 3 nitrogen and oxygen atoms in total. The van der Waals surface area contributed by atoms with E-state index in [0.717, 1.165) is 5.56 Å². The molecule has 0 bridgehead atoms. The van der Waals surface area contributed by atoms with Crippen LogP contribution in [-0.2, 0) is 14.9 Å². The van der Waals surface area contributed by atoms with E-state index in [9.17, 15) is 4.79 Å². The van der Waals surface area contributed by atoms with Gasteiger partial charge < -0.3 is 10.5 Å². The highest BCUT2D eigenvalue weighted by Gasteiger charge is 2.37. The van der Waals surface area contributed by atoms with E-state index in [1.807, 2.05) is 58.0 Å². The zero-order valence-corrected chi connectivity index (χ0v) is 11.0. The van der Waals surface area contributed by atoms with Gasteiger partial charge in [0.2, 0.25) is 0 Å². The standard InChI is InChI=1S/C14H21NO2/c1-13(2,3)17-12(16)14(4,10-15)11-8-6-5-7-9-11/h5-9H,10,15H2,1-4H3/t14-/m0/s1. The van der Waals surface area contributed by atoms with Crippen LogP contribution in [0, 0.1) is 0 Å². The lowest BCUT2D eigenvalue weighted by Crippen LogP contribution is -2.44. The Morgan fingerprint density at radius 3 is 2.12 bits per heavy atom. The molecule has 0 aliphatic carbocycles. The summed E-state index contributed by atoms with van der Waals surface area (Å²) in [4.78, 5) is 12.2. The Kier molecular flexibility index (Phi) is 3.94. The lowest BCUT2D eigenvalue weighted by molar-refractivity contribution is -0.161. The van der Waals surface area contributed by atoms with Gasteiger partial charge in [-0.05, 0) is 33.3 Å². The molecule has 94 valence electrons. The molecule has 0 amide bonds. The number of hydrogen-bond donors (Lipinski definition) is 1. The Hall–Kier alpha value is -1.35. The van der Waals surface area contributed by atoms with Crippen molar-refractivity contribution in [1.29, 1.82) is 0 Å². The summed E-state index contributed by atoms with van der Waals surface area (Å²) in [7, 11) is 0. The third-order valence-electron chi connectivity index (χ3n) is 2.67. The third kappa shape index (κ3) is 3.30. The van der Waals surface area contributed by atoms with Crippen molar-refractivity contribution >= 4 is 5.97 Å². The van der Waals surface area contributed by atoms with Gasteiger partial charge in [0.1, 0.15) is 11.0 Å². The van der Waals surface area contributed by atoms with Gasteiger partial charge in [0, 0.05) is 6.54 Å². The van der Waals surface area contributed by atoms with Gasteiger partial charge >= 0.3 is 5.97 Å². The topological polar surface area (TPSA) is 52.3 Å². The highest BCUT2D eigenvalue weighted by Crippen LogP contribution is 2.26. The quantitative estimate of drug-likeness (QED) is 0.817. The van der Waals surface area contributed by atoms with Crippen molar-refractivity contribution < 1.29 is 9.53 Å². The summed E-state index contributed by atoms with van der Waals surface area (Å²) in [5.41, 5.74) is 5.36. The van der Waals surface area contributed by atoms with Crippen LogP contribution >= 0.6 is 0 Å². The number of carbonyl (C=O) groups is 1. The first-order chi connectivity index (χ1) is 7.79. The van der Waals surface area contributed by atoms with E-state index in [1.54, 1.807) is 0 Å². The zero-order valence-electron chi connectivity index (χ0n) is 11.0. The van der Waals surface area contributed by atoms with Gasteiger partial charge in [-0.1, -0.05) is 30.3 Å². The number of rotatable bonds is 3. The summed E-state index contributed by atoms with van der Waals surface area (Å²) in [5, 5.41) is 0. The van der Waals surface area contributed by atoms with Crippen molar-refractivity contribution in [2.24, 2.45) is 5.73 Å². The zero-order chi connectivity index (χ0) is 13.1. The fourth-order valence-electron chi connectivity index (χ4n) is 1.52. The molecule has 0 saturated carbocycles. The molecular formula is C14H21NO2. The minimum Gasteiger partial charge on any atom is -0.459 e. The van der Waals surface area contributed by atoms with Gasteiger partial charge in [0.05, 0.1) is 0 Å². The van der Waals surface area contributed by atoms with Gasteiger partial charge in [0.25, 0.3) is 0 Å². The summed E-state index contributed by atoms with van der Waals surface area (Å²) in [6.07, 6.45) is 0. The first-order valence-electron chi connectivity index (χ1n) is 5.78. The molecule has 0 aliphatic rings. The second-order valence-corrected chi connectivity index (χ2v) is 5.40. The van der Waals surface area contributed by atoms with Crippen LogP contribution in [0.15, 0.2) is 30.3 Å². The van der Waals surface area contributed by atoms with Gasteiger partial charge in [-0.3, -0.25) is 4.79 Å². The van der Waals surface area contributed by atoms with E-state index in [4.69, 9.17) is 10.5 Å². The summed E-state index contributed by atoms with van der Waals surface area (Å²) >= 11 is 0. The second-order valence-electron chi connectivity index (χ2n) is 5.40. The molecule has 2 N–H and O–H groups in total. The average molecular weight is 235 g/mol. The SMILES string of the molecule is CC(C)(C)OC(=O)[C@@](C)(CN)c1ccccc1. The number of esters is 1. The molecule has 0 radical (unpaired) electrons. The normalized spacial score (nSPS) is 15.1. The number of ether oxygens (including phenoxy) is 1. The summed E-state index contributed by atoms with van der Waals surface area (Å²) < 4.78 is 5.43. The maximum Gasteiger partial charge on any atom is 0.318 e.